The van der Waals surface area contributed by atoms with Crippen molar-refractivity contribution in [2.75, 3.05) is 31.1 Å². The van der Waals surface area contributed by atoms with Crippen LogP contribution < -0.4 is 4.90 Å². The van der Waals surface area contributed by atoms with Crippen molar-refractivity contribution < 1.29 is 14.1 Å². The van der Waals surface area contributed by atoms with Gasteiger partial charge in [0.05, 0.1) is 6.07 Å². The van der Waals surface area contributed by atoms with Crippen LogP contribution in [0.15, 0.2) is 22.9 Å². The molecule has 4 heterocycles. The molecule has 12 nitrogen and oxygen atoms in total. The van der Waals surface area contributed by atoms with E-state index < -0.39 is 10.8 Å². The number of piperazine rings is 1. The van der Waals surface area contributed by atoms with E-state index in [1.54, 1.807) is 9.58 Å². The predicted molar refractivity (Wildman–Crippen MR) is 92.3 cm³/mol. The molecule has 1 amide bonds. The Morgan fingerprint density at radius 3 is 2.70 bits per heavy atom. The number of nitrogens with zero attached hydrogens (tertiary/aromatic N) is 8. The number of amides is 1. The van der Waals surface area contributed by atoms with E-state index in [4.69, 9.17) is 4.42 Å². The summed E-state index contributed by atoms with van der Waals surface area (Å²) >= 11 is 0. The number of nitro groups is 1. The number of hydrogen-bond acceptors (Lipinski definition) is 9. The van der Waals surface area contributed by atoms with Gasteiger partial charge >= 0.3 is 5.88 Å². The number of hydrogen-bond donors (Lipinski definition) is 0. The van der Waals surface area contributed by atoms with E-state index in [1.807, 2.05) is 11.8 Å². The van der Waals surface area contributed by atoms with Crippen LogP contribution in [0.4, 0.5) is 11.7 Å². The van der Waals surface area contributed by atoms with Gasteiger partial charge in [-0.25, -0.2) is 14.6 Å². The van der Waals surface area contributed by atoms with Gasteiger partial charge in [-0.3, -0.25) is 14.9 Å². The maximum atomic E-state index is 12.5. The summed E-state index contributed by atoms with van der Waals surface area (Å²) in [4.78, 5) is 34.7. The molecule has 1 aliphatic rings. The summed E-state index contributed by atoms with van der Waals surface area (Å²) in [6.07, 6.45) is 1.48. The van der Waals surface area contributed by atoms with Crippen molar-refractivity contribution in [3.8, 4) is 0 Å². The number of fused-ring (bicyclic) bond motifs is 1. The molecule has 0 bridgehead atoms. The molecule has 140 valence electrons. The Balaban J connectivity index is 1.48. The lowest BCUT2D eigenvalue weighted by Crippen LogP contribution is -2.49. The zero-order valence-electron chi connectivity index (χ0n) is 14.5. The third-order valence-corrected chi connectivity index (χ3v) is 4.43. The molecular weight excluding hydrogens is 356 g/mol. The Bertz CT molecular complexity index is 1000. The second kappa shape index (κ2) is 6.63. The molecule has 1 fully saturated rings. The van der Waals surface area contributed by atoms with Crippen LogP contribution in [-0.4, -0.2) is 66.9 Å². The highest BCUT2D eigenvalue weighted by atomic mass is 16.6. The van der Waals surface area contributed by atoms with Crippen LogP contribution in [0.25, 0.3) is 11.2 Å². The number of carbonyl (C=O) groups excluding carboxylic acids is 1. The summed E-state index contributed by atoms with van der Waals surface area (Å²) in [5.74, 6) is -0.169. The molecule has 0 unspecified atom stereocenters. The van der Waals surface area contributed by atoms with E-state index in [9.17, 15) is 14.9 Å². The molecular formula is C15H16N8O4. The van der Waals surface area contributed by atoms with E-state index in [2.05, 4.69) is 20.3 Å². The molecule has 1 aliphatic heterocycles. The van der Waals surface area contributed by atoms with Crippen LogP contribution in [0.2, 0.25) is 0 Å². The molecule has 0 radical (unpaired) electrons. The minimum atomic E-state index is -0.668. The largest absolute Gasteiger partial charge is 0.433 e. The van der Waals surface area contributed by atoms with Gasteiger partial charge in [-0.1, -0.05) is 5.21 Å². The third-order valence-electron chi connectivity index (χ3n) is 4.43. The molecule has 0 spiro atoms. The van der Waals surface area contributed by atoms with Gasteiger partial charge in [-0.15, -0.1) is 5.10 Å². The third kappa shape index (κ3) is 2.94. The van der Waals surface area contributed by atoms with Gasteiger partial charge in [0.2, 0.25) is 0 Å². The Hall–Kier alpha value is -3.57. The minimum Gasteiger partial charge on any atom is -0.395 e. The minimum absolute atomic E-state index is 0.0366. The molecule has 0 aromatic carbocycles. The molecule has 27 heavy (non-hydrogen) atoms. The molecule has 4 rings (SSSR count). The zero-order valence-corrected chi connectivity index (χ0v) is 14.5. The van der Waals surface area contributed by atoms with Crippen molar-refractivity contribution in [2.45, 2.75) is 13.5 Å². The Labute approximate surface area is 152 Å². The fourth-order valence-electron chi connectivity index (χ4n) is 3.04. The van der Waals surface area contributed by atoms with Crippen molar-refractivity contribution >= 4 is 28.8 Å². The van der Waals surface area contributed by atoms with Crippen LogP contribution in [-0.2, 0) is 6.54 Å². The maximum absolute atomic E-state index is 12.5. The lowest BCUT2D eigenvalue weighted by atomic mass is 10.2. The highest BCUT2D eigenvalue weighted by Gasteiger charge is 2.27. The number of aromatic nitrogens is 5. The van der Waals surface area contributed by atoms with E-state index in [0.717, 1.165) is 0 Å². The molecule has 3 aromatic heterocycles. The first-order valence-electron chi connectivity index (χ1n) is 8.41. The smallest absolute Gasteiger partial charge is 0.395 e. The van der Waals surface area contributed by atoms with E-state index in [1.165, 1.54) is 18.5 Å². The number of aryl methyl sites for hydroxylation is 1. The Morgan fingerprint density at radius 2 is 2.04 bits per heavy atom. The predicted octanol–water partition coefficient (Wildman–Crippen LogP) is 0.705. The van der Waals surface area contributed by atoms with Crippen molar-refractivity contribution in [1.29, 1.82) is 0 Å². The summed E-state index contributed by atoms with van der Waals surface area (Å²) in [5, 5.41) is 18.9. The summed E-state index contributed by atoms with van der Waals surface area (Å²) in [5.41, 5.74) is 1.30. The van der Waals surface area contributed by atoms with Gasteiger partial charge in [-0.05, 0) is 13.0 Å². The van der Waals surface area contributed by atoms with Crippen molar-refractivity contribution in [1.82, 2.24) is 29.9 Å². The molecule has 0 saturated carbocycles. The van der Waals surface area contributed by atoms with Crippen molar-refractivity contribution in [3.63, 3.8) is 0 Å². The normalized spacial score (nSPS) is 14.7. The van der Waals surface area contributed by atoms with Gasteiger partial charge in [0.15, 0.2) is 22.7 Å². The van der Waals surface area contributed by atoms with Crippen molar-refractivity contribution in [3.05, 3.63) is 34.3 Å². The second-order valence-electron chi connectivity index (χ2n) is 5.95. The Kier molecular flexibility index (Phi) is 4.14. The highest BCUT2D eigenvalue weighted by molar-refractivity contribution is 5.92. The quantitative estimate of drug-likeness (QED) is 0.479. The van der Waals surface area contributed by atoms with Crippen LogP contribution in [0.3, 0.4) is 0 Å². The fourth-order valence-corrected chi connectivity index (χ4v) is 3.04. The number of carbonyl (C=O) groups is 1. The topological polar surface area (TPSA) is 136 Å². The molecule has 0 aliphatic carbocycles. The van der Waals surface area contributed by atoms with Crippen molar-refractivity contribution in [2.24, 2.45) is 0 Å². The first kappa shape index (κ1) is 16.9. The van der Waals surface area contributed by atoms with Gasteiger partial charge in [0, 0.05) is 32.7 Å². The second-order valence-corrected chi connectivity index (χ2v) is 5.95. The standard InChI is InChI=1S/C15H16N8O4/c1-2-22-14-12(18-19-22)13(16-9-17-14)20-5-7-21(8-6-20)15(24)10-3-4-11(27-10)23(25)26/h3-4,9H,2,5-8H2,1H3. The van der Waals surface area contributed by atoms with Crippen LogP contribution in [0.5, 0.6) is 0 Å². The monoisotopic (exact) mass is 372 g/mol. The first-order valence-corrected chi connectivity index (χ1v) is 8.41. The molecule has 3 aromatic rings. The molecule has 12 heteroatoms. The van der Waals surface area contributed by atoms with Gasteiger partial charge in [0.25, 0.3) is 5.91 Å². The molecule has 0 atom stereocenters. The SMILES string of the molecule is CCn1nnc2c(N3CCN(C(=O)c4ccc([N+](=O)[O-])o4)CC3)ncnc21. The average Bonchev–Trinajstić information content (AvgIpc) is 3.34. The average molecular weight is 372 g/mol. The van der Waals surface area contributed by atoms with Crippen LogP contribution >= 0.6 is 0 Å². The van der Waals surface area contributed by atoms with Gasteiger partial charge < -0.3 is 14.2 Å². The molecule has 1 saturated heterocycles. The number of furan rings is 1. The summed E-state index contributed by atoms with van der Waals surface area (Å²) in [6, 6.07) is 2.50. The maximum Gasteiger partial charge on any atom is 0.433 e. The summed E-state index contributed by atoms with van der Waals surface area (Å²) < 4.78 is 6.70. The summed E-state index contributed by atoms with van der Waals surface area (Å²) in [6.45, 7) is 4.56. The first-order chi connectivity index (χ1) is 13.1. The zero-order chi connectivity index (χ0) is 19.0. The highest BCUT2D eigenvalue weighted by Crippen LogP contribution is 2.23. The lowest BCUT2D eigenvalue weighted by Gasteiger charge is -2.34. The van der Waals surface area contributed by atoms with E-state index in [-0.39, 0.29) is 11.7 Å². The number of rotatable bonds is 4. The van der Waals surface area contributed by atoms with Crippen LogP contribution in [0.1, 0.15) is 17.5 Å². The summed E-state index contributed by atoms with van der Waals surface area (Å²) in [7, 11) is 0. The van der Waals surface area contributed by atoms with Gasteiger partial charge in [-0.2, -0.15) is 0 Å². The Morgan fingerprint density at radius 1 is 1.26 bits per heavy atom. The molecule has 0 N–H and O–H groups in total. The van der Waals surface area contributed by atoms with Gasteiger partial charge in [0.1, 0.15) is 11.3 Å². The number of anilines is 1. The van der Waals surface area contributed by atoms with E-state index >= 15 is 0 Å². The fraction of sp³-hybridized carbons (Fsp3) is 0.400. The van der Waals surface area contributed by atoms with Crippen LogP contribution in [0, 0.1) is 10.1 Å². The van der Waals surface area contributed by atoms with E-state index in [0.29, 0.717) is 49.7 Å². The lowest BCUT2D eigenvalue weighted by molar-refractivity contribution is -0.402.